The van der Waals surface area contributed by atoms with Crippen LogP contribution < -0.4 is 5.32 Å². The minimum Gasteiger partial charge on any atom is -0.465 e. The molecule has 0 aliphatic heterocycles. The molecule has 2 aromatic heterocycles. The molecule has 0 fully saturated rings. The first kappa shape index (κ1) is 15.4. The number of thiophene rings is 1. The van der Waals surface area contributed by atoms with Gasteiger partial charge in [0.2, 0.25) is 0 Å². The number of nitrogens with one attached hydrogen (secondary N) is 1. The van der Waals surface area contributed by atoms with Crippen molar-refractivity contribution in [3.8, 4) is 10.6 Å². The fraction of sp³-hybridized carbons (Fsp3) is 0.0625. The molecular weight excluding hydrogens is 332 g/mol. The monoisotopic (exact) mass is 344 g/mol. The second kappa shape index (κ2) is 6.72. The van der Waals surface area contributed by atoms with Crippen molar-refractivity contribution in [2.24, 2.45) is 0 Å². The van der Waals surface area contributed by atoms with Crippen molar-refractivity contribution in [1.29, 1.82) is 0 Å². The highest BCUT2D eigenvalue weighted by Crippen LogP contribution is 2.31. The third kappa shape index (κ3) is 3.46. The SMILES string of the molecule is COC(=O)c1ccc(-c2csc(NC(=O)c3ccccc3)n2)s1. The number of hydrogen-bond acceptors (Lipinski definition) is 6. The fourth-order valence-electron chi connectivity index (χ4n) is 1.89. The van der Waals surface area contributed by atoms with Crippen LogP contribution in [0.15, 0.2) is 47.8 Å². The van der Waals surface area contributed by atoms with E-state index in [9.17, 15) is 9.59 Å². The number of thiazole rings is 1. The molecular formula is C16H12N2O3S2. The van der Waals surface area contributed by atoms with Crippen molar-refractivity contribution in [1.82, 2.24) is 4.98 Å². The normalized spacial score (nSPS) is 10.3. The molecule has 5 nitrogen and oxygen atoms in total. The summed E-state index contributed by atoms with van der Waals surface area (Å²) in [4.78, 5) is 29.3. The number of benzene rings is 1. The summed E-state index contributed by atoms with van der Waals surface area (Å²) >= 11 is 2.64. The van der Waals surface area contributed by atoms with Gasteiger partial charge in [0.15, 0.2) is 5.13 Å². The first-order chi connectivity index (χ1) is 11.2. The van der Waals surface area contributed by atoms with Gasteiger partial charge in [-0.05, 0) is 24.3 Å². The highest BCUT2D eigenvalue weighted by atomic mass is 32.1. The zero-order valence-electron chi connectivity index (χ0n) is 12.1. The molecule has 116 valence electrons. The van der Waals surface area contributed by atoms with Gasteiger partial charge >= 0.3 is 5.97 Å². The van der Waals surface area contributed by atoms with Crippen molar-refractivity contribution in [3.05, 3.63) is 58.3 Å². The Morgan fingerprint density at radius 3 is 2.65 bits per heavy atom. The van der Waals surface area contributed by atoms with E-state index in [4.69, 9.17) is 0 Å². The van der Waals surface area contributed by atoms with Crippen molar-refractivity contribution in [3.63, 3.8) is 0 Å². The topological polar surface area (TPSA) is 68.3 Å². The van der Waals surface area contributed by atoms with Crippen LogP contribution in [0.1, 0.15) is 20.0 Å². The standard InChI is InChI=1S/C16H12N2O3S2/c1-21-15(20)13-8-7-12(23-13)11-9-22-16(17-11)18-14(19)10-5-3-2-4-6-10/h2-9H,1H3,(H,17,18,19). The maximum absolute atomic E-state index is 12.1. The lowest BCUT2D eigenvalue weighted by Crippen LogP contribution is -2.11. The number of carbonyl (C=O) groups excluding carboxylic acids is 2. The van der Waals surface area contributed by atoms with Crippen LogP contribution >= 0.6 is 22.7 Å². The average molecular weight is 344 g/mol. The second-order valence-electron chi connectivity index (χ2n) is 4.51. The van der Waals surface area contributed by atoms with Gasteiger partial charge in [0.25, 0.3) is 5.91 Å². The van der Waals surface area contributed by atoms with Crippen LogP contribution in [0.2, 0.25) is 0 Å². The molecule has 0 unspecified atom stereocenters. The Morgan fingerprint density at radius 2 is 1.91 bits per heavy atom. The molecule has 0 spiro atoms. The molecule has 3 rings (SSSR count). The molecule has 1 aromatic carbocycles. The zero-order chi connectivity index (χ0) is 16.2. The van der Waals surface area contributed by atoms with Gasteiger partial charge in [-0.2, -0.15) is 0 Å². The number of esters is 1. The maximum atomic E-state index is 12.1. The summed E-state index contributed by atoms with van der Waals surface area (Å²) in [6.07, 6.45) is 0. The van der Waals surface area contributed by atoms with E-state index in [1.165, 1.54) is 29.8 Å². The molecule has 7 heteroatoms. The summed E-state index contributed by atoms with van der Waals surface area (Å²) in [6, 6.07) is 12.5. The van der Waals surface area contributed by atoms with E-state index in [1.807, 2.05) is 29.6 Å². The number of nitrogens with zero attached hydrogens (tertiary/aromatic N) is 1. The van der Waals surface area contributed by atoms with Gasteiger partial charge in [0.05, 0.1) is 17.7 Å². The van der Waals surface area contributed by atoms with Crippen molar-refractivity contribution >= 4 is 39.7 Å². The third-order valence-corrected chi connectivity index (χ3v) is 4.85. The molecule has 3 aromatic rings. The molecule has 1 N–H and O–H groups in total. The van der Waals surface area contributed by atoms with Gasteiger partial charge in [0, 0.05) is 10.9 Å². The molecule has 0 atom stereocenters. The Labute approximate surface area is 140 Å². The predicted octanol–water partition coefficient (Wildman–Crippen LogP) is 3.91. The Kier molecular flexibility index (Phi) is 4.50. The van der Waals surface area contributed by atoms with Crippen LogP contribution in [0, 0.1) is 0 Å². The predicted molar refractivity (Wildman–Crippen MR) is 91.2 cm³/mol. The van der Waals surface area contributed by atoms with Crippen LogP contribution in [-0.2, 0) is 4.74 Å². The number of amides is 1. The summed E-state index contributed by atoms with van der Waals surface area (Å²) in [7, 11) is 1.35. The Morgan fingerprint density at radius 1 is 1.13 bits per heavy atom. The van der Waals surface area contributed by atoms with E-state index < -0.39 is 0 Å². The average Bonchev–Trinajstić information content (AvgIpc) is 3.24. The van der Waals surface area contributed by atoms with Crippen LogP contribution in [0.3, 0.4) is 0 Å². The van der Waals surface area contributed by atoms with Crippen LogP contribution in [-0.4, -0.2) is 24.0 Å². The second-order valence-corrected chi connectivity index (χ2v) is 6.46. The molecule has 0 aliphatic carbocycles. The summed E-state index contributed by atoms with van der Waals surface area (Å²) in [6.45, 7) is 0. The Hall–Kier alpha value is -2.51. The van der Waals surface area contributed by atoms with Crippen molar-refractivity contribution in [2.45, 2.75) is 0 Å². The van der Waals surface area contributed by atoms with E-state index in [-0.39, 0.29) is 11.9 Å². The van der Waals surface area contributed by atoms with Crippen LogP contribution in [0.5, 0.6) is 0 Å². The van der Waals surface area contributed by atoms with Gasteiger partial charge < -0.3 is 4.74 Å². The van der Waals surface area contributed by atoms with E-state index in [2.05, 4.69) is 15.0 Å². The number of rotatable bonds is 4. The van der Waals surface area contributed by atoms with Gasteiger partial charge in [0.1, 0.15) is 4.88 Å². The van der Waals surface area contributed by atoms with Crippen molar-refractivity contribution < 1.29 is 14.3 Å². The molecule has 1 amide bonds. The molecule has 0 saturated carbocycles. The number of aromatic nitrogens is 1. The largest absolute Gasteiger partial charge is 0.465 e. The van der Waals surface area contributed by atoms with Crippen LogP contribution in [0.4, 0.5) is 5.13 Å². The summed E-state index contributed by atoms with van der Waals surface area (Å²) < 4.78 is 4.69. The van der Waals surface area contributed by atoms with E-state index in [1.54, 1.807) is 18.2 Å². The minimum atomic E-state index is -0.367. The van der Waals surface area contributed by atoms with Gasteiger partial charge in [-0.3, -0.25) is 10.1 Å². The number of methoxy groups -OCH3 is 1. The number of hydrogen-bond donors (Lipinski definition) is 1. The highest BCUT2D eigenvalue weighted by molar-refractivity contribution is 7.18. The first-order valence-corrected chi connectivity index (χ1v) is 8.37. The summed E-state index contributed by atoms with van der Waals surface area (Å²) in [5, 5.41) is 5.13. The first-order valence-electron chi connectivity index (χ1n) is 6.68. The summed E-state index contributed by atoms with van der Waals surface area (Å²) in [5.41, 5.74) is 1.30. The zero-order valence-corrected chi connectivity index (χ0v) is 13.7. The number of ether oxygens (including phenoxy) is 1. The maximum Gasteiger partial charge on any atom is 0.348 e. The smallest absolute Gasteiger partial charge is 0.348 e. The molecule has 0 saturated heterocycles. The number of carbonyl (C=O) groups is 2. The lowest BCUT2D eigenvalue weighted by molar-refractivity contribution is 0.0606. The Bertz CT molecular complexity index is 840. The van der Waals surface area contributed by atoms with E-state index in [0.717, 1.165) is 10.6 Å². The van der Waals surface area contributed by atoms with Crippen LogP contribution in [0.25, 0.3) is 10.6 Å². The van der Waals surface area contributed by atoms with E-state index >= 15 is 0 Å². The number of anilines is 1. The molecule has 0 bridgehead atoms. The van der Waals surface area contributed by atoms with Crippen molar-refractivity contribution in [2.75, 3.05) is 12.4 Å². The fourth-order valence-corrected chi connectivity index (χ4v) is 3.55. The molecule has 0 radical (unpaired) electrons. The lowest BCUT2D eigenvalue weighted by atomic mass is 10.2. The lowest BCUT2D eigenvalue weighted by Gasteiger charge is -2.00. The molecule has 0 aliphatic rings. The quantitative estimate of drug-likeness (QED) is 0.729. The molecule has 23 heavy (non-hydrogen) atoms. The Balaban J connectivity index is 1.74. The van der Waals surface area contributed by atoms with Gasteiger partial charge in [-0.15, -0.1) is 22.7 Å². The van der Waals surface area contributed by atoms with E-state index in [0.29, 0.717) is 15.6 Å². The summed E-state index contributed by atoms with van der Waals surface area (Å²) in [5.74, 6) is -0.568. The third-order valence-electron chi connectivity index (χ3n) is 3.01. The molecule has 2 heterocycles. The van der Waals surface area contributed by atoms with Gasteiger partial charge in [-0.25, -0.2) is 9.78 Å². The minimum absolute atomic E-state index is 0.201. The highest BCUT2D eigenvalue weighted by Gasteiger charge is 2.13. The van der Waals surface area contributed by atoms with Gasteiger partial charge in [-0.1, -0.05) is 18.2 Å².